The zero-order valence-corrected chi connectivity index (χ0v) is 13.4. The molecule has 0 aliphatic rings. The van der Waals surface area contributed by atoms with Gasteiger partial charge >= 0.3 is 0 Å². The van der Waals surface area contributed by atoms with Crippen LogP contribution in [0.4, 0.5) is 11.8 Å². The molecule has 0 saturated heterocycles. The SMILES string of the molecule is Cc1c(Br)cc(-c2nc(N)nc(N)c2C#N)c(O)c1Br. The Morgan fingerprint density at radius 2 is 1.95 bits per heavy atom. The topological polar surface area (TPSA) is 122 Å². The monoisotopic (exact) mass is 397 g/mol. The van der Waals surface area contributed by atoms with E-state index in [0.29, 0.717) is 10.0 Å². The Kier molecular flexibility index (Phi) is 3.83. The lowest BCUT2D eigenvalue weighted by Crippen LogP contribution is -2.05. The van der Waals surface area contributed by atoms with Crippen LogP contribution < -0.4 is 11.5 Å². The summed E-state index contributed by atoms with van der Waals surface area (Å²) in [6.07, 6.45) is 0. The normalized spacial score (nSPS) is 10.3. The number of aromatic hydroxyl groups is 1. The summed E-state index contributed by atoms with van der Waals surface area (Å²) >= 11 is 6.67. The molecule has 1 aromatic carbocycles. The molecule has 0 fully saturated rings. The third-order valence-corrected chi connectivity index (χ3v) is 4.54. The van der Waals surface area contributed by atoms with Crippen molar-refractivity contribution in [2.45, 2.75) is 6.92 Å². The smallest absolute Gasteiger partial charge is 0.222 e. The molecule has 6 nitrogen and oxygen atoms in total. The van der Waals surface area contributed by atoms with Crippen molar-refractivity contribution in [3.8, 4) is 23.1 Å². The zero-order chi connectivity index (χ0) is 15.0. The van der Waals surface area contributed by atoms with Gasteiger partial charge in [-0.2, -0.15) is 10.2 Å². The Hall–Kier alpha value is -1.85. The molecule has 0 bridgehead atoms. The molecule has 0 saturated carbocycles. The van der Waals surface area contributed by atoms with Gasteiger partial charge in [0.05, 0.1) is 10.2 Å². The molecule has 0 amide bonds. The molecule has 8 heteroatoms. The Morgan fingerprint density at radius 1 is 1.30 bits per heavy atom. The Morgan fingerprint density at radius 3 is 2.55 bits per heavy atom. The van der Waals surface area contributed by atoms with E-state index in [4.69, 9.17) is 11.5 Å². The lowest BCUT2D eigenvalue weighted by Gasteiger charge is -2.12. The summed E-state index contributed by atoms with van der Waals surface area (Å²) < 4.78 is 1.25. The third-order valence-electron chi connectivity index (χ3n) is 2.74. The number of nitrogens with two attached hydrogens (primary N) is 2. The molecule has 1 heterocycles. The van der Waals surface area contributed by atoms with Crippen molar-refractivity contribution >= 4 is 43.6 Å². The first-order valence-electron chi connectivity index (χ1n) is 5.37. The quantitative estimate of drug-likeness (QED) is 0.678. The number of hydrogen-bond donors (Lipinski definition) is 3. The van der Waals surface area contributed by atoms with Crippen molar-refractivity contribution in [2.24, 2.45) is 0 Å². The largest absolute Gasteiger partial charge is 0.506 e. The molecule has 0 unspecified atom stereocenters. The van der Waals surface area contributed by atoms with E-state index in [1.165, 1.54) is 0 Å². The van der Waals surface area contributed by atoms with Crippen molar-refractivity contribution in [1.82, 2.24) is 9.97 Å². The predicted molar refractivity (Wildman–Crippen MR) is 82.8 cm³/mol. The Bertz CT molecular complexity index is 755. The highest BCUT2D eigenvalue weighted by atomic mass is 79.9. The van der Waals surface area contributed by atoms with Gasteiger partial charge in [-0.05, 0) is 34.5 Å². The van der Waals surface area contributed by atoms with Crippen LogP contribution in [-0.2, 0) is 0 Å². The molecule has 5 N–H and O–H groups in total. The number of rotatable bonds is 1. The maximum Gasteiger partial charge on any atom is 0.222 e. The van der Waals surface area contributed by atoms with Gasteiger partial charge in [0.25, 0.3) is 0 Å². The molecule has 2 rings (SSSR count). The highest BCUT2D eigenvalue weighted by molar-refractivity contribution is 9.11. The second kappa shape index (κ2) is 5.26. The van der Waals surface area contributed by atoms with E-state index >= 15 is 0 Å². The summed E-state index contributed by atoms with van der Waals surface area (Å²) in [5.74, 6) is -0.134. The number of hydrogen-bond acceptors (Lipinski definition) is 6. The standard InChI is InChI=1S/C12H9Br2N5O/c1-4-7(13)2-5(10(20)8(4)14)9-6(3-15)11(16)19-12(17)18-9/h2,20H,1H3,(H4,16,17,18,19). The van der Waals surface area contributed by atoms with Crippen LogP contribution in [0.25, 0.3) is 11.3 Å². The van der Waals surface area contributed by atoms with Crippen molar-refractivity contribution in [1.29, 1.82) is 5.26 Å². The molecule has 2 aromatic rings. The van der Waals surface area contributed by atoms with Crippen molar-refractivity contribution < 1.29 is 5.11 Å². The van der Waals surface area contributed by atoms with Crippen LogP contribution in [-0.4, -0.2) is 15.1 Å². The summed E-state index contributed by atoms with van der Waals surface area (Å²) in [7, 11) is 0. The minimum Gasteiger partial charge on any atom is -0.506 e. The molecule has 0 atom stereocenters. The van der Waals surface area contributed by atoms with Crippen molar-refractivity contribution in [2.75, 3.05) is 11.5 Å². The number of nitriles is 1. The molecule has 0 spiro atoms. The van der Waals surface area contributed by atoms with Gasteiger partial charge < -0.3 is 16.6 Å². The van der Waals surface area contributed by atoms with E-state index in [-0.39, 0.29) is 28.8 Å². The first-order valence-corrected chi connectivity index (χ1v) is 6.96. The maximum absolute atomic E-state index is 10.2. The average Bonchev–Trinajstić information content (AvgIpc) is 2.39. The van der Waals surface area contributed by atoms with Crippen LogP contribution in [0.1, 0.15) is 11.1 Å². The lowest BCUT2D eigenvalue weighted by atomic mass is 10.0. The fourth-order valence-electron chi connectivity index (χ4n) is 1.69. The van der Waals surface area contributed by atoms with E-state index in [1.54, 1.807) is 6.07 Å². The van der Waals surface area contributed by atoms with E-state index in [2.05, 4.69) is 41.8 Å². The number of nitrogens with zero attached hydrogens (tertiary/aromatic N) is 3. The molecule has 0 radical (unpaired) electrons. The first kappa shape index (κ1) is 14.6. The highest BCUT2D eigenvalue weighted by Crippen LogP contribution is 2.42. The number of nitrogen functional groups attached to an aromatic ring is 2. The van der Waals surface area contributed by atoms with Gasteiger partial charge in [-0.15, -0.1) is 0 Å². The number of halogens is 2. The van der Waals surface area contributed by atoms with Crippen LogP contribution in [0.3, 0.4) is 0 Å². The second-order valence-corrected chi connectivity index (χ2v) is 5.64. The number of phenols is 1. The number of aromatic nitrogens is 2. The second-order valence-electron chi connectivity index (χ2n) is 4.00. The zero-order valence-electron chi connectivity index (χ0n) is 10.3. The number of phenolic OH excluding ortho intramolecular Hbond substituents is 1. The minimum atomic E-state index is -0.0660. The molecule has 0 aliphatic heterocycles. The fraction of sp³-hybridized carbons (Fsp3) is 0.0833. The summed E-state index contributed by atoms with van der Waals surface area (Å²) in [6, 6.07) is 3.57. The van der Waals surface area contributed by atoms with Crippen LogP contribution in [0.5, 0.6) is 5.75 Å². The molecular formula is C12H9Br2N5O. The van der Waals surface area contributed by atoms with Gasteiger partial charge in [-0.3, -0.25) is 0 Å². The highest BCUT2D eigenvalue weighted by Gasteiger charge is 2.20. The van der Waals surface area contributed by atoms with Gasteiger partial charge in [0.2, 0.25) is 5.95 Å². The van der Waals surface area contributed by atoms with Gasteiger partial charge in [0.15, 0.2) is 0 Å². The van der Waals surface area contributed by atoms with Gasteiger partial charge in [-0.25, -0.2) is 4.98 Å². The fourth-order valence-corrected chi connectivity index (χ4v) is 2.81. The van der Waals surface area contributed by atoms with E-state index in [0.717, 1.165) is 10.0 Å². The van der Waals surface area contributed by atoms with E-state index < -0.39 is 0 Å². The van der Waals surface area contributed by atoms with Crippen LogP contribution in [0.2, 0.25) is 0 Å². The predicted octanol–water partition coefficient (Wildman–Crippen LogP) is 2.72. The number of benzene rings is 1. The summed E-state index contributed by atoms with van der Waals surface area (Å²) in [5.41, 5.74) is 12.6. The molecule has 20 heavy (non-hydrogen) atoms. The Labute approximate surface area is 131 Å². The van der Waals surface area contributed by atoms with Gasteiger partial charge in [0.1, 0.15) is 23.2 Å². The van der Waals surface area contributed by atoms with Crippen molar-refractivity contribution in [3.63, 3.8) is 0 Å². The van der Waals surface area contributed by atoms with Gasteiger partial charge in [-0.1, -0.05) is 15.9 Å². The third kappa shape index (κ3) is 2.30. The summed E-state index contributed by atoms with van der Waals surface area (Å²) in [5, 5.41) is 19.4. The molecule has 0 aliphatic carbocycles. The molecular weight excluding hydrogens is 390 g/mol. The molecule has 1 aromatic heterocycles. The first-order chi connectivity index (χ1) is 9.36. The number of anilines is 2. The van der Waals surface area contributed by atoms with Gasteiger partial charge in [0, 0.05) is 10.0 Å². The van der Waals surface area contributed by atoms with Crippen LogP contribution >= 0.6 is 31.9 Å². The average molecular weight is 399 g/mol. The lowest BCUT2D eigenvalue weighted by molar-refractivity contribution is 0.473. The molecule has 102 valence electrons. The van der Waals surface area contributed by atoms with Crippen LogP contribution in [0, 0.1) is 18.3 Å². The minimum absolute atomic E-state index is 0.0257. The van der Waals surface area contributed by atoms with Crippen LogP contribution in [0.15, 0.2) is 15.0 Å². The summed E-state index contributed by atoms with van der Waals surface area (Å²) in [4.78, 5) is 7.75. The summed E-state index contributed by atoms with van der Waals surface area (Å²) in [6.45, 7) is 1.82. The van der Waals surface area contributed by atoms with Crippen molar-refractivity contribution in [3.05, 3.63) is 26.1 Å². The van der Waals surface area contributed by atoms with E-state index in [9.17, 15) is 10.4 Å². The maximum atomic E-state index is 10.2. The Balaban J connectivity index is 2.86. The van der Waals surface area contributed by atoms with E-state index in [1.807, 2.05) is 13.0 Å².